The van der Waals surface area contributed by atoms with Crippen molar-refractivity contribution in [1.29, 1.82) is 0 Å². The fourth-order valence-corrected chi connectivity index (χ4v) is 3.27. The van der Waals surface area contributed by atoms with Crippen molar-refractivity contribution in [3.63, 3.8) is 0 Å². The SMILES string of the molecule is CC(C)CCCCCOc1ccc(CN2CC(C(=O)NCCCO)C2)cc1. The molecule has 2 N–H and O–H groups in total. The summed E-state index contributed by atoms with van der Waals surface area (Å²) < 4.78 is 5.82. The van der Waals surface area contributed by atoms with Crippen LogP contribution in [-0.2, 0) is 11.3 Å². The molecule has 0 radical (unpaired) electrons. The lowest BCUT2D eigenvalue weighted by Gasteiger charge is -2.38. The van der Waals surface area contributed by atoms with Crippen molar-refractivity contribution in [1.82, 2.24) is 10.2 Å². The molecule has 0 bridgehead atoms. The maximum Gasteiger partial charge on any atom is 0.225 e. The molecule has 5 heteroatoms. The van der Waals surface area contributed by atoms with Crippen molar-refractivity contribution in [2.24, 2.45) is 11.8 Å². The van der Waals surface area contributed by atoms with E-state index in [1.54, 1.807) is 0 Å². The minimum absolute atomic E-state index is 0.0852. The Morgan fingerprint density at radius 3 is 2.59 bits per heavy atom. The van der Waals surface area contributed by atoms with Crippen LogP contribution in [0.3, 0.4) is 0 Å². The predicted molar refractivity (Wildman–Crippen MR) is 109 cm³/mol. The van der Waals surface area contributed by atoms with Gasteiger partial charge in [0.1, 0.15) is 5.75 Å². The number of ether oxygens (including phenoxy) is 1. The number of hydrogen-bond donors (Lipinski definition) is 2. The molecule has 0 saturated carbocycles. The molecule has 1 aliphatic rings. The molecule has 1 aromatic carbocycles. The lowest BCUT2D eigenvalue weighted by Crippen LogP contribution is -2.53. The number of benzene rings is 1. The third-order valence-corrected chi connectivity index (χ3v) is 4.99. The maximum atomic E-state index is 11.9. The lowest BCUT2D eigenvalue weighted by molar-refractivity contribution is -0.130. The van der Waals surface area contributed by atoms with Gasteiger partial charge in [-0.25, -0.2) is 0 Å². The van der Waals surface area contributed by atoms with Crippen molar-refractivity contribution in [2.45, 2.75) is 52.5 Å². The molecule has 5 nitrogen and oxygen atoms in total. The highest BCUT2D eigenvalue weighted by Crippen LogP contribution is 2.20. The van der Waals surface area contributed by atoms with Crippen LogP contribution in [0.1, 0.15) is 51.5 Å². The van der Waals surface area contributed by atoms with Gasteiger partial charge in [-0.2, -0.15) is 0 Å². The van der Waals surface area contributed by atoms with Gasteiger partial charge in [0.05, 0.1) is 12.5 Å². The van der Waals surface area contributed by atoms with Gasteiger partial charge in [-0.15, -0.1) is 0 Å². The molecule has 0 aliphatic carbocycles. The second-order valence-corrected chi connectivity index (χ2v) is 7.99. The van der Waals surface area contributed by atoms with Crippen LogP contribution >= 0.6 is 0 Å². The van der Waals surface area contributed by atoms with Gasteiger partial charge in [0.2, 0.25) is 5.91 Å². The van der Waals surface area contributed by atoms with Crippen LogP contribution in [-0.4, -0.2) is 48.8 Å². The monoisotopic (exact) mass is 376 g/mol. The van der Waals surface area contributed by atoms with E-state index < -0.39 is 0 Å². The average Bonchev–Trinajstić information content (AvgIpc) is 2.61. The molecule has 1 aromatic rings. The fourth-order valence-electron chi connectivity index (χ4n) is 3.27. The number of carbonyl (C=O) groups is 1. The van der Waals surface area contributed by atoms with Gasteiger partial charge in [-0.3, -0.25) is 9.69 Å². The quantitative estimate of drug-likeness (QED) is 0.519. The number of aliphatic hydroxyl groups is 1. The number of carbonyl (C=O) groups excluding carboxylic acids is 1. The molecule has 0 aromatic heterocycles. The highest BCUT2D eigenvalue weighted by Gasteiger charge is 2.32. The summed E-state index contributed by atoms with van der Waals surface area (Å²) in [6.07, 6.45) is 5.56. The predicted octanol–water partition coefficient (Wildman–Crippen LogP) is 3.21. The molecule has 27 heavy (non-hydrogen) atoms. The van der Waals surface area contributed by atoms with Gasteiger partial charge in [-0.05, 0) is 36.5 Å². The van der Waals surface area contributed by atoms with Crippen molar-refractivity contribution in [3.05, 3.63) is 29.8 Å². The molecular formula is C22H36N2O3. The normalized spacial score (nSPS) is 15.0. The van der Waals surface area contributed by atoms with Crippen LogP contribution in [0.2, 0.25) is 0 Å². The Morgan fingerprint density at radius 2 is 1.93 bits per heavy atom. The van der Waals surface area contributed by atoms with Crippen LogP contribution in [0, 0.1) is 11.8 Å². The molecule has 1 fully saturated rings. The van der Waals surface area contributed by atoms with Crippen LogP contribution in [0.15, 0.2) is 24.3 Å². The van der Waals surface area contributed by atoms with Crippen molar-refractivity contribution in [3.8, 4) is 5.75 Å². The molecule has 2 rings (SSSR count). The first kappa shape index (κ1) is 21.7. The number of aliphatic hydroxyl groups excluding tert-OH is 1. The largest absolute Gasteiger partial charge is 0.494 e. The van der Waals surface area contributed by atoms with E-state index in [1.807, 2.05) is 12.1 Å². The number of likely N-dealkylation sites (tertiary alicyclic amines) is 1. The third kappa shape index (κ3) is 8.31. The molecule has 1 heterocycles. The summed E-state index contributed by atoms with van der Waals surface area (Å²) in [5.41, 5.74) is 1.25. The van der Waals surface area contributed by atoms with Gasteiger partial charge in [-0.1, -0.05) is 45.2 Å². The highest BCUT2D eigenvalue weighted by molar-refractivity contribution is 5.79. The maximum absolute atomic E-state index is 11.9. The molecular weight excluding hydrogens is 340 g/mol. The van der Waals surface area contributed by atoms with E-state index in [9.17, 15) is 4.79 Å². The van der Waals surface area contributed by atoms with Gasteiger partial charge >= 0.3 is 0 Å². The molecule has 1 aliphatic heterocycles. The summed E-state index contributed by atoms with van der Waals surface area (Å²) in [7, 11) is 0. The summed E-state index contributed by atoms with van der Waals surface area (Å²) >= 11 is 0. The number of nitrogens with zero attached hydrogens (tertiary/aromatic N) is 1. The lowest BCUT2D eigenvalue weighted by atomic mass is 9.98. The van der Waals surface area contributed by atoms with Crippen LogP contribution in [0.4, 0.5) is 0 Å². The Labute approximate surface area is 164 Å². The van der Waals surface area contributed by atoms with E-state index in [0.717, 1.165) is 44.3 Å². The topological polar surface area (TPSA) is 61.8 Å². The van der Waals surface area contributed by atoms with Crippen LogP contribution in [0.25, 0.3) is 0 Å². The minimum atomic E-state index is 0.0852. The molecule has 0 unspecified atom stereocenters. The Hall–Kier alpha value is -1.59. The smallest absolute Gasteiger partial charge is 0.225 e. The van der Waals surface area contributed by atoms with Crippen molar-refractivity contribution in [2.75, 3.05) is 32.8 Å². The molecule has 0 atom stereocenters. The number of rotatable bonds is 13. The van der Waals surface area contributed by atoms with Crippen molar-refractivity contribution < 1.29 is 14.6 Å². The van der Waals surface area contributed by atoms with E-state index >= 15 is 0 Å². The third-order valence-electron chi connectivity index (χ3n) is 4.99. The van der Waals surface area contributed by atoms with E-state index in [1.165, 1.54) is 24.8 Å². The first-order valence-electron chi connectivity index (χ1n) is 10.4. The average molecular weight is 377 g/mol. The van der Waals surface area contributed by atoms with Gasteiger partial charge < -0.3 is 15.2 Å². The molecule has 0 spiro atoms. The zero-order valence-corrected chi connectivity index (χ0v) is 17.0. The number of amides is 1. The van der Waals surface area contributed by atoms with Crippen molar-refractivity contribution >= 4 is 5.91 Å². The second-order valence-electron chi connectivity index (χ2n) is 7.99. The zero-order chi connectivity index (χ0) is 19.5. The van der Waals surface area contributed by atoms with Gasteiger partial charge in [0, 0.05) is 32.8 Å². The van der Waals surface area contributed by atoms with Crippen LogP contribution < -0.4 is 10.1 Å². The Kier molecular flexibility index (Phi) is 9.64. The van der Waals surface area contributed by atoms with E-state index in [0.29, 0.717) is 13.0 Å². The van der Waals surface area contributed by atoms with E-state index in [4.69, 9.17) is 9.84 Å². The standard InChI is InChI=1S/C22H36N2O3/c1-18(2)7-4-3-5-14-27-21-10-8-19(9-11-21)15-24-16-20(17-24)22(26)23-12-6-13-25/h8-11,18,20,25H,3-7,12-17H2,1-2H3,(H,23,26). The van der Waals surface area contributed by atoms with Gasteiger partial charge in [0.25, 0.3) is 0 Å². The summed E-state index contributed by atoms with van der Waals surface area (Å²) in [4.78, 5) is 14.2. The first-order valence-corrected chi connectivity index (χ1v) is 10.4. The first-order chi connectivity index (χ1) is 13.1. The summed E-state index contributed by atoms with van der Waals surface area (Å²) in [6.45, 7) is 8.49. The van der Waals surface area contributed by atoms with E-state index in [2.05, 4.69) is 36.2 Å². The molecule has 152 valence electrons. The number of unbranched alkanes of at least 4 members (excludes halogenated alkanes) is 2. The Morgan fingerprint density at radius 1 is 1.19 bits per heavy atom. The summed E-state index contributed by atoms with van der Waals surface area (Å²) in [5.74, 6) is 1.92. The highest BCUT2D eigenvalue weighted by atomic mass is 16.5. The Bertz CT molecular complexity index is 539. The minimum Gasteiger partial charge on any atom is -0.494 e. The molecule has 1 amide bonds. The second kappa shape index (κ2) is 12.0. The van der Waals surface area contributed by atoms with Crippen LogP contribution in [0.5, 0.6) is 5.75 Å². The fraction of sp³-hybridized carbons (Fsp3) is 0.682. The summed E-state index contributed by atoms with van der Waals surface area (Å²) in [6, 6.07) is 8.32. The summed E-state index contributed by atoms with van der Waals surface area (Å²) in [5, 5.41) is 11.6. The van der Waals surface area contributed by atoms with E-state index in [-0.39, 0.29) is 18.4 Å². The number of nitrogens with one attached hydrogen (secondary N) is 1. The number of hydrogen-bond acceptors (Lipinski definition) is 4. The Balaban J connectivity index is 1.58. The van der Waals surface area contributed by atoms with Gasteiger partial charge in [0.15, 0.2) is 0 Å². The molecule has 1 saturated heterocycles. The zero-order valence-electron chi connectivity index (χ0n) is 17.0.